The summed E-state index contributed by atoms with van der Waals surface area (Å²) in [6.45, 7) is 5.59. The number of carbonyl (C=O) groups excluding carboxylic acids is 1. The summed E-state index contributed by atoms with van der Waals surface area (Å²) in [5.74, 6) is 0.0797. The Morgan fingerprint density at radius 3 is 2.67 bits per heavy atom. The van der Waals surface area contributed by atoms with Crippen molar-refractivity contribution < 1.29 is 4.79 Å². The van der Waals surface area contributed by atoms with Gasteiger partial charge in [0.25, 0.3) is 5.91 Å². The summed E-state index contributed by atoms with van der Waals surface area (Å²) >= 11 is 0. The first-order chi connectivity index (χ1) is 10.2. The monoisotopic (exact) mass is 280 g/mol. The van der Waals surface area contributed by atoms with Crippen LogP contribution in [0.4, 0.5) is 5.69 Å². The Morgan fingerprint density at radius 1 is 1.14 bits per heavy atom. The van der Waals surface area contributed by atoms with Crippen LogP contribution in [-0.2, 0) is 6.54 Å². The van der Waals surface area contributed by atoms with Gasteiger partial charge in [-0.3, -0.25) is 4.79 Å². The summed E-state index contributed by atoms with van der Waals surface area (Å²) < 4.78 is 0. The molecule has 0 fully saturated rings. The zero-order valence-corrected chi connectivity index (χ0v) is 12.5. The Balaban J connectivity index is 2.04. The molecule has 1 N–H and O–H groups in total. The highest BCUT2D eigenvalue weighted by Gasteiger charge is 2.25. The number of rotatable bonds is 1. The second-order valence-corrected chi connectivity index (χ2v) is 5.64. The second kappa shape index (κ2) is 5.70. The van der Waals surface area contributed by atoms with Crippen molar-refractivity contribution in [1.29, 1.82) is 0 Å². The third-order valence-electron chi connectivity index (χ3n) is 4.00. The molecule has 108 valence electrons. The molecule has 0 saturated carbocycles. The van der Waals surface area contributed by atoms with Gasteiger partial charge < -0.3 is 10.2 Å². The standard InChI is InChI=1S/C18H20N2O/c1-13-7-3-5-9-16(13)18(21)20-12-14(2)19-11-15-8-4-6-10-17(15)20/h3-10,14,19H,11-12H2,1-2H3. The average Bonchev–Trinajstić information content (AvgIpc) is 2.67. The first-order valence-electron chi connectivity index (χ1n) is 7.35. The molecule has 1 unspecified atom stereocenters. The lowest BCUT2D eigenvalue weighted by molar-refractivity contribution is 0.0985. The molecule has 0 aromatic heterocycles. The quantitative estimate of drug-likeness (QED) is 0.870. The maximum Gasteiger partial charge on any atom is 0.258 e. The number of carbonyl (C=O) groups is 1. The van der Waals surface area contributed by atoms with Crippen LogP contribution in [0.1, 0.15) is 28.4 Å². The Morgan fingerprint density at radius 2 is 1.86 bits per heavy atom. The molecule has 3 heteroatoms. The number of anilines is 1. The van der Waals surface area contributed by atoms with Gasteiger partial charge in [-0.1, -0.05) is 36.4 Å². The van der Waals surface area contributed by atoms with Crippen molar-refractivity contribution in [2.45, 2.75) is 26.4 Å². The van der Waals surface area contributed by atoms with E-state index in [2.05, 4.69) is 18.3 Å². The van der Waals surface area contributed by atoms with Gasteiger partial charge in [-0.15, -0.1) is 0 Å². The van der Waals surface area contributed by atoms with Crippen LogP contribution in [0, 0.1) is 6.92 Å². The molecule has 0 spiro atoms. The minimum absolute atomic E-state index is 0.0797. The van der Waals surface area contributed by atoms with Crippen LogP contribution in [0.5, 0.6) is 0 Å². The third kappa shape index (κ3) is 2.69. The highest BCUT2D eigenvalue weighted by molar-refractivity contribution is 6.07. The lowest BCUT2D eigenvalue weighted by Crippen LogP contribution is -2.40. The van der Waals surface area contributed by atoms with Crippen molar-refractivity contribution in [3.63, 3.8) is 0 Å². The van der Waals surface area contributed by atoms with Crippen molar-refractivity contribution in [3.8, 4) is 0 Å². The molecule has 1 aliphatic heterocycles. The lowest BCUT2D eigenvalue weighted by Gasteiger charge is -2.25. The summed E-state index contributed by atoms with van der Waals surface area (Å²) in [6.07, 6.45) is 0. The average molecular weight is 280 g/mol. The van der Waals surface area contributed by atoms with Crippen LogP contribution in [0.15, 0.2) is 48.5 Å². The Hall–Kier alpha value is -2.13. The topological polar surface area (TPSA) is 32.3 Å². The first-order valence-corrected chi connectivity index (χ1v) is 7.35. The zero-order valence-electron chi connectivity index (χ0n) is 12.5. The Kier molecular flexibility index (Phi) is 3.76. The number of aryl methyl sites for hydroxylation is 1. The van der Waals surface area contributed by atoms with Crippen LogP contribution in [0.2, 0.25) is 0 Å². The normalized spacial score (nSPS) is 18.0. The molecule has 0 aliphatic carbocycles. The molecule has 3 nitrogen and oxygen atoms in total. The molecule has 1 amide bonds. The van der Waals surface area contributed by atoms with E-state index in [9.17, 15) is 4.79 Å². The van der Waals surface area contributed by atoms with E-state index in [4.69, 9.17) is 0 Å². The van der Waals surface area contributed by atoms with Crippen LogP contribution in [0.25, 0.3) is 0 Å². The van der Waals surface area contributed by atoms with E-state index in [-0.39, 0.29) is 11.9 Å². The number of nitrogens with zero attached hydrogens (tertiary/aromatic N) is 1. The summed E-state index contributed by atoms with van der Waals surface area (Å²) in [6, 6.07) is 16.2. The molecule has 0 bridgehead atoms. The third-order valence-corrected chi connectivity index (χ3v) is 4.00. The van der Waals surface area contributed by atoms with E-state index in [1.54, 1.807) is 0 Å². The molecule has 0 radical (unpaired) electrons. The number of amides is 1. The van der Waals surface area contributed by atoms with Crippen molar-refractivity contribution in [2.24, 2.45) is 0 Å². The summed E-state index contributed by atoms with van der Waals surface area (Å²) in [5.41, 5.74) is 3.98. The summed E-state index contributed by atoms with van der Waals surface area (Å²) in [7, 11) is 0. The fourth-order valence-electron chi connectivity index (χ4n) is 2.80. The molecular formula is C18H20N2O. The predicted octanol–water partition coefficient (Wildman–Crippen LogP) is 3.13. The number of para-hydroxylation sites is 1. The van der Waals surface area contributed by atoms with Crippen LogP contribution in [0.3, 0.4) is 0 Å². The van der Waals surface area contributed by atoms with E-state index in [0.717, 1.165) is 23.4 Å². The predicted molar refractivity (Wildman–Crippen MR) is 85.6 cm³/mol. The number of hydrogen-bond acceptors (Lipinski definition) is 2. The van der Waals surface area contributed by atoms with Gasteiger partial charge in [-0.2, -0.15) is 0 Å². The second-order valence-electron chi connectivity index (χ2n) is 5.64. The largest absolute Gasteiger partial charge is 0.308 e. The fourth-order valence-corrected chi connectivity index (χ4v) is 2.80. The number of fused-ring (bicyclic) bond motifs is 1. The van der Waals surface area contributed by atoms with Crippen molar-refractivity contribution >= 4 is 11.6 Å². The van der Waals surface area contributed by atoms with Gasteiger partial charge in [-0.05, 0) is 37.1 Å². The summed E-state index contributed by atoms with van der Waals surface area (Å²) in [4.78, 5) is 14.9. The molecule has 1 atom stereocenters. The number of hydrogen-bond donors (Lipinski definition) is 1. The highest BCUT2D eigenvalue weighted by atomic mass is 16.2. The van der Waals surface area contributed by atoms with Crippen molar-refractivity contribution in [2.75, 3.05) is 11.4 Å². The van der Waals surface area contributed by atoms with Gasteiger partial charge >= 0.3 is 0 Å². The van der Waals surface area contributed by atoms with Gasteiger partial charge in [0.1, 0.15) is 0 Å². The lowest BCUT2D eigenvalue weighted by atomic mass is 10.1. The van der Waals surface area contributed by atoms with Crippen molar-refractivity contribution in [3.05, 3.63) is 65.2 Å². The minimum atomic E-state index is 0.0797. The molecule has 1 aliphatic rings. The summed E-state index contributed by atoms with van der Waals surface area (Å²) in [5, 5.41) is 3.46. The van der Waals surface area contributed by atoms with E-state index in [1.807, 2.05) is 54.3 Å². The van der Waals surface area contributed by atoms with Gasteiger partial charge in [0, 0.05) is 30.4 Å². The molecule has 3 rings (SSSR count). The van der Waals surface area contributed by atoms with Crippen molar-refractivity contribution in [1.82, 2.24) is 5.32 Å². The SMILES string of the molecule is Cc1ccccc1C(=O)N1CC(C)NCc2ccccc21. The van der Waals surface area contributed by atoms with Crippen LogP contribution < -0.4 is 10.2 Å². The number of nitrogens with one attached hydrogen (secondary N) is 1. The van der Waals surface area contributed by atoms with E-state index < -0.39 is 0 Å². The van der Waals surface area contributed by atoms with E-state index in [1.165, 1.54) is 5.56 Å². The zero-order chi connectivity index (χ0) is 14.8. The first kappa shape index (κ1) is 13.8. The Labute approximate surface area is 125 Å². The van der Waals surface area contributed by atoms with Gasteiger partial charge in [0.05, 0.1) is 0 Å². The number of benzene rings is 2. The van der Waals surface area contributed by atoms with Crippen LogP contribution >= 0.6 is 0 Å². The van der Waals surface area contributed by atoms with Gasteiger partial charge in [0.2, 0.25) is 0 Å². The molecular weight excluding hydrogens is 260 g/mol. The maximum absolute atomic E-state index is 13.0. The highest BCUT2D eigenvalue weighted by Crippen LogP contribution is 2.25. The Bertz CT molecular complexity index is 666. The van der Waals surface area contributed by atoms with Gasteiger partial charge in [0.15, 0.2) is 0 Å². The molecule has 0 saturated heterocycles. The molecule has 2 aromatic rings. The van der Waals surface area contributed by atoms with Gasteiger partial charge in [-0.25, -0.2) is 0 Å². The fraction of sp³-hybridized carbons (Fsp3) is 0.278. The van der Waals surface area contributed by atoms with E-state index >= 15 is 0 Å². The molecule has 2 aromatic carbocycles. The van der Waals surface area contributed by atoms with Crippen LogP contribution in [-0.4, -0.2) is 18.5 Å². The molecule has 1 heterocycles. The smallest absolute Gasteiger partial charge is 0.258 e. The maximum atomic E-state index is 13.0. The van der Waals surface area contributed by atoms with E-state index in [0.29, 0.717) is 6.54 Å². The molecule has 21 heavy (non-hydrogen) atoms. The minimum Gasteiger partial charge on any atom is -0.308 e.